The Labute approximate surface area is 182 Å². The number of amides is 1. The average Bonchev–Trinajstić information content (AvgIpc) is 3.43. The first kappa shape index (κ1) is 19.7. The predicted octanol–water partition coefficient (Wildman–Crippen LogP) is 3.16. The Balaban J connectivity index is 1.52. The van der Waals surface area contributed by atoms with E-state index in [1.165, 1.54) is 9.13 Å². The molecule has 1 saturated heterocycles. The Morgan fingerprint density at radius 3 is 2.68 bits per heavy atom. The van der Waals surface area contributed by atoms with Crippen LogP contribution in [0, 0.1) is 0 Å². The highest BCUT2D eigenvalue weighted by Gasteiger charge is 2.32. The third-order valence-electron chi connectivity index (χ3n) is 5.91. The summed E-state index contributed by atoms with van der Waals surface area (Å²) in [4.78, 5) is 45.6. The maximum absolute atomic E-state index is 13.3. The molecule has 0 spiro atoms. The Morgan fingerprint density at radius 1 is 1.10 bits per heavy atom. The van der Waals surface area contributed by atoms with E-state index in [1.807, 2.05) is 29.2 Å². The second kappa shape index (κ2) is 7.77. The molecule has 1 unspecified atom stereocenters. The average molecular weight is 435 g/mol. The molecule has 2 aromatic carbocycles. The van der Waals surface area contributed by atoms with Crippen LogP contribution in [-0.2, 0) is 17.9 Å². The SMILES string of the molecule is CCn1c(=O)c2ccccc2n(CC(=O)N2CCCC2c2nc3ccccc3s2)c1=O. The molecule has 2 aromatic heterocycles. The molecule has 31 heavy (non-hydrogen) atoms. The van der Waals surface area contributed by atoms with E-state index in [9.17, 15) is 14.4 Å². The number of para-hydroxylation sites is 2. The van der Waals surface area contributed by atoms with Crippen molar-refractivity contribution < 1.29 is 4.79 Å². The predicted molar refractivity (Wildman–Crippen MR) is 121 cm³/mol. The molecule has 1 aliphatic rings. The fraction of sp³-hybridized carbons (Fsp3) is 0.304. The van der Waals surface area contributed by atoms with Gasteiger partial charge < -0.3 is 4.90 Å². The fourth-order valence-corrected chi connectivity index (χ4v) is 5.50. The number of hydrogen-bond donors (Lipinski definition) is 0. The molecule has 0 bridgehead atoms. The zero-order valence-corrected chi connectivity index (χ0v) is 18.0. The second-order valence-corrected chi connectivity index (χ2v) is 8.76. The molecule has 4 aromatic rings. The first-order valence-corrected chi connectivity index (χ1v) is 11.3. The summed E-state index contributed by atoms with van der Waals surface area (Å²) in [5.41, 5.74) is 0.668. The van der Waals surface area contributed by atoms with Crippen LogP contribution in [0.1, 0.15) is 30.8 Å². The van der Waals surface area contributed by atoms with Gasteiger partial charge in [0.25, 0.3) is 5.56 Å². The lowest BCUT2D eigenvalue weighted by Gasteiger charge is -2.24. The monoisotopic (exact) mass is 434 g/mol. The molecule has 0 saturated carbocycles. The summed E-state index contributed by atoms with van der Waals surface area (Å²) in [6, 6.07) is 14.9. The fourth-order valence-electron chi connectivity index (χ4n) is 4.38. The lowest BCUT2D eigenvalue weighted by molar-refractivity contribution is -0.132. The van der Waals surface area contributed by atoms with Crippen molar-refractivity contribution >= 4 is 38.4 Å². The number of nitrogens with zero attached hydrogens (tertiary/aromatic N) is 4. The number of rotatable bonds is 4. The summed E-state index contributed by atoms with van der Waals surface area (Å²) in [5, 5.41) is 1.38. The van der Waals surface area contributed by atoms with E-state index in [0.29, 0.717) is 17.4 Å². The molecule has 7 nitrogen and oxygen atoms in total. The molecule has 0 aliphatic carbocycles. The minimum atomic E-state index is -0.449. The lowest BCUT2D eigenvalue weighted by Crippen LogP contribution is -2.43. The van der Waals surface area contributed by atoms with Crippen molar-refractivity contribution in [3.63, 3.8) is 0 Å². The van der Waals surface area contributed by atoms with Crippen LogP contribution >= 0.6 is 11.3 Å². The molecule has 0 N–H and O–H groups in total. The van der Waals surface area contributed by atoms with Crippen molar-refractivity contribution in [2.45, 2.75) is 38.9 Å². The summed E-state index contributed by atoms with van der Waals surface area (Å²) in [7, 11) is 0. The van der Waals surface area contributed by atoms with Crippen LogP contribution < -0.4 is 11.2 Å². The van der Waals surface area contributed by atoms with E-state index in [2.05, 4.69) is 0 Å². The summed E-state index contributed by atoms with van der Waals surface area (Å²) >= 11 is 1.62. The van der Waals surface area contributed by atoms with E-state index in [4.69, 9.17) is 4.98 Å². The van der Waals surface area contributed by atoms with Crippen LogP contribution in [0.4, 0.5) is 0 Å². The lowest BCUT2D eigenvalue weighted by atomic mass is 10.2. The topological polar surface area (TPSA) is 77.2 Å². The largest absolute Gasteiger partial charge is 0.332 e. The highest BCUT2D eigenvalue weighted by molar-refractivity contribution is 7.18. The summed E-state index contributed by atoms with van der Waals surface area (Å²) in [5.74, 6) is -0.129. The third kappa shape index (κ3) is 3.27. The number of likely N-dealkylation sites (tertiary alicyclic amines) is 1. The van der Waals surface area contributed by atoms with Gasteiger partial charge in [0.2, 0.25) is 5.91 Å². The van der Waals surface area contributed by atoms with Crippen LogP contribution in [0.2, 0.25) is 0 Å². The van der Waals surface area contributed by atoms with Crippen LogP contribution in [0.3, 0.4) is 0 Å². The van der Waals surface area contributed by atoms with Gasteiger partial charge in [-0.15, -0.1) is 11.3 Å². The van der Waals surface area contributed by atoms with Gasteiger partial charge in [-0.25, -0.2) is 9.78 Å². The molecule has 5 rings (SSSR count). The van der Waals surface area contributed by atoms with Gasteiger partial charge >= 0.3 is 5.69 Å². The molecular formula is C23H22N4O3S. The van der Waals surface area contributed by atoms with Gasteiger partial charge in [-0.1, -0.05) is 24.3 Å². The molecule has 1 aliphatic heterocycles. The number of benzene rings is 2. The zero-order chi connectivity index (χ0) is 21.5. The maximum atomic E-state index is 13.3. The van der Waals surface area contributed by atoms with Crippen LogP contribution in [0.5, 0.6) is 0 Å². The van der Waals surface area contributed by atoms with Crippen molar-refractivity contribution in [1.29, 1.82) is 0 Å². The van der Waals surface area contributed by atoms with E-state index >= 15 is 0 Å². The molecule has 0 radical (unpaired) electrons. The van der Waals surface area contributed by atoms with E-state index in [-0.39, 0.29) is 30.6 Å². The first-order valence-electron chi connectivity index (χ1n) is 10.5. The van der Waals surface area contributed by atoms with Crippen LogP contribution in [0.25, 0.3) is 21.1 Å². The highest BCUT2D eigenvalue weighted by Crippen LogP contribution is 2.36. The summed E-state index contributed by atoms with van der Waals surface area (Å²) < 4.78 is 3.72. The highest BCUT2D eigenvalue weighted by atomic mass is 32.1. The van der Waals surface area contributed by atoms with Gasteiger partial charge in [0, 0.05) is 13.1 Å². The molecular weight excluding hydrogens is 412 g/mol. The van der Waals surface area contributed by atoms with Gasteiger partial charge in [-0.2, -0.15) is 0 Å². The second-order valence-electron chi connectivity index (χ2n) is 7.70. The molecule has 158 valence electrons. The van der Waals surface area contributed by atoms with Crippen LogP contribution in [-0.4, -0.2) is 31.5 Å². The van der Waals surface area contributed by atoms with Crippen molar-refractivity contribution in [3.05, 3.63) is 74.4 Å². The smallest absolute Gasteiger partial charge is 0.331 e. The van der Waals surface area contributed by atoms with Crippen molar-refractivity contribution in [2.24, 2.45) is 0 Å². The minimum Gasteiger partial charge on any atom is -0.332 e. The number of carbonyl (C=O) groups excluding carboxylic acids is 1. The quantitative estimate of drug-likeness (QED) is 0.494. The molecule has 1 amide bonds. The van der Waals surface area contributed by atoms with Gasteiger partial charge in [-0.3, -0.25) is 18.7 Å². The Bertz CT molecular complexity index is 1380. The van der Waals surface area contributed by atoms with Gasteiger partial charge in [0.1, 0.15) is 11.6 Å². The maximum Gasteiger partial charge on any atom is 0.331 e. The number of thiazole rings is 1. The molecule has 8 heteroatoms. The number of hydrogen-bond acceptors (Lipinski definition) is 5. The molecule has 1 atom stereocenters. The number of carbonyl (C=O) groups is 1. The van der Waals surface area contributed by atoms with E-state index in [0.717, 1.165) is 28.1 Å². The van der Waals surface area contributed by atoms with Gasteiger partial charge in [-0.05, 0) is 44.0 Å². The number of fused-ring (bicyclic) bond motifs is 2. The Kier molecular flexibility index (Phi) is 4.94. The standard InChI is InChI=1S/C23H22N4O3S/c1-2-25-22(29)15-8-3-5-10-17(15)27(23(25)30)14-20(28)26-13-7-11-18(26)21-24-16-9-4-6-12-19(16)31-21/h3-6,8-10,12,18H,2,7,11,13-14H2,1H3. The number of aromatic nitrogens is 3. The Morgan fingerprint density at radius 2 is 1.87 bits per heavy atom. The van der Waals surface area contributed by atoms with Gasteiger partial charge in [0.05, 0.1) is 27.2 Å². The molecule has 3 heterocycles. The van der Waals surface area contributed by atoms with Crippen molar-refractivity contribution in [3.8, 4) is 0 Å². The molecule has 1 fully saturated rings. The van der Waals surface area contributed by atoms with Crippen molar-refractivity contribution in [2.75, 3.05) is 6.54 Å². The minimum absolute atomic E-state index is 0.0797. The third-order valence-corrected chi connectivity index (χ3v) is 7.05. The summed E-state index contributed by atoms with van der Waals surface area (Å²) in [6.45, 7) is 2.56. The van der Waals surface area contributed by atoms with E-state index < -0.39 is 5.69 Å². The first-order chi connectivity index (χ1) is 15.1. The normalized spacial score (nSPS) is 16.4. The van der Waals surface area contributed by atoms with Crippen molar-refractivity contribution in [1.82, 2.24) is 19.0 Å². The van der Waals surface area contributed by atoms with E-state index in [1.54, 1.807) is 42.5 Å². The van der Waals surface area contributed by atoms with Crippen LogP contribution in [0.15, 0.2) is 58.1 Å². The zero-order valence-electron chi connectivity index (χ0n) is 17.2. The van der Waals surface area contributed by atoms with Gasteiger partial charge in [0.15, 0.2) is 0 Å². The Hall–Kier alpha value is -3.26. The summed E-state index contributed by atoms with van der Waals surface area (Å²) in [6.07, 6.45) is 1.76.